The highest BCUT2D eigenvalue weighted by molar-refractivity contribution is 5.76. The SMILES string of the molecule is CCC(O)(CC)CNC(=O)CCc1ccc2c(c1)OCO2. The van der Waals surface area contributed by atoms with Crippen LogP contribution in [0.5, 0.6) is 11.5 Å². The first kappa shape index (κ1) is 15.6. The van der Waals surface area contributed by atoms with Gasteiger partial charge < -0.3 is 19.9 Å². The lowest BCUT2D eigenvalue weighted by Crippen LogP contribution is -2.42. The first-order valence-electron chi connectivity index (χ1n) is 7.44. The zero-order valence-electron chi connectivity index (χ0n) is 12.6. The van der Waals surface area contributed by atoms with Gasteiger partial charge in [-0.25, -0.2) is 0 Å². The molecule has 5 heteroatoms. The van der Waals surface area contributed by atoms with Gasteiger partial charge in [-0.1, -0.05) is 19.9 Å². The van der Waals surface area contributed by atoms with Crippen molar-refractivity contribution in [2.75, 3.05) is 13.3 Å². The molecule has 2 rings (SSSR count). The van der Waals surface area contributed by atoms with Crippen LogP contribution in [-0.4, -0.2) is 30.0 Å². The van der Waals surface area contributed by atoms with Crippen LogP contribution in [0.1, 0.15) is 38.7 Å². The molecule has 21 heavy (non-hydrogen) atoms. The number of amides is 1. The lowest BCUT2D eigenvalue weighted by atomic mass is 9.97. The number of ether oxygens (including phenoxy) is 2. The molecule has 0 aliphatic carbocycles. The third kappa shape index (κ3) is 4.11. The maximum Gasteiger partial charge on any atom is 0.231 e. The molecular weight excluding hydrogens is 270 g/mol. The Balaban J connectivity index is 1.79. The normalized spacial score (nSPS) is 13.3. The smallest absolute Gasteiger partial charge is 0.231 e. The van der Waals surface area contributed by atoms with Gasteiger partial charge in [0.1, 0.15) is 0 Å². The van der Waals surface area contributed by atoms with E-state index in [2.05, 4.69) is 5.32 Å². The zero-order valence-corrected chi connectivity index (χ0v) is 12.6. The molecule has 2 N–H and O–H groups in total. The van der Waals surface area contributed by atoms with Crippen LogP contribution in [0.25, 0.3) is 0 Å². The van der Waals surface area contributed by atoms with E-state index >= 15 is 0 Å². The number of rotatable bonds is 7. The van der Waals surface area contributed by atoms with Crippen LogP contribution in [-0.2, 0) is 11.2 Å². The molecule has 1 heterocycles. The minimum Gasteiger partial charge on any atom is -0.454 e. The van der Waals surface area contributed by atoms with Crippen LogP contribution in [0, 0.1) is 0 Å². The predicted molar refractivity (Wildman–Crippen MR) is 79.4 cm³/mol. The van der Waals surface area contributed by atoms with Crippen molar-refractivity contribution in [3.63, 3.8) is 0 Å². The van der Waals surface area contributed by atoms with Gasteiger partial charge in [0.25, 0.3) is 0 Å². The molecule has 0 aromatic heterocycles. The number of aliphatic hydroxyl groups is 1. The Labute approximate surface area is 125 Å². The van der Waals surface area contributed by atoms with E-state index in [-0.39, 0.29) is 12.7 Å². The average molecular weight is 293 g/mol. The maximum absolute atomic E-state index is 11.9. The topological polar surface area (TPSA) is 67.8 Å². The van der Waals surface area contributed by atoms with Gasteiger partial charge in [0, 0.05) is 13.0 Å². The van der Waals surface area contributed by atoms with Gasteiger partial charge in [0.15, 0.2) is 11.5 Å². The molecule has 0 radical (unpaired) electrons. The number of hydrogen-bond donors (Lipinski definition) is 2. The van der Waals surface area contributed by atoms with Crippen LogP contribution >= 0.6 is 0 Å². The Kier molecular flexibility index (Phi) is 5.07. The number of nitrogens with one attached hydrogen (secondary N) is 1. The van der Waals surface area contributed by atoms with Gasteiger partial charge in [0.2, 0.25) is 12.7 Å². The van der Waals surface area contributed by atoms with Crippen LogP contribution in [0.15, 0.2) is 18.2 Å². The number of aryl methyl sites for hydroxylation is 1. The molecular formula is C16H23NO4. The molecule has 1 aliphatic rings. The van der Waals surface area contributed by atoms with Crippen LogP contribution in [0.3, 0.4) is 0 Å². The monoisotopic (exact) mass is 293 g/mol. The quantitative estimate of drug-likeness (QED) is 0.807. The second kappa shape index (κ2) is 6.80. The minimum absolute atomic E-state index is 0.0482. The van der Waals surface area contributed by atoms with Gasteiger partial charge in [0.05, 0.1) is 5.60 Å². The van der Waals surface area contributed by atoms with Crippen molar-refractivity contribution in [3.8, 4) is 11.5 Å². The minimum atomic E-state index is -0.797. The van der Waals surface area contributed by atoms with Crippen LogP contribution in [0.4, 0.5) is 0 Å². The number of carbonyl (C=O) groups is 1. The molecule has 116 valence electrons. The summed E-state index contributed by atoms with van der Waals surface area (Å²) in [5.41, 5.74) is 0.240. The van der Waals surface area contributed by atoms with Crippen LogP contribution < -0.4 is 14.8 Å². The molecule has 5 nitrogen and oxygen atoms in total. The van der Waals surface area contributed by atoms with Crippen molar-refractivity contribution < 1.29 is 19.4 Å². The summed E-state index contributed by atoms with van der Waals surface area (Å²) in [6.45, 7) is 4.40. The van der Waals surface area contributed by atoms with Crippen molar-refractivity contribution in [3.05, 3.63) is 23.8 Å². The largest absolute Gasteiger partial charge is 0.454 e. The van der Waals surface area contributed by atoms with Crippen molar-refractivity contribution in [1.82, 2.24) is 5.32 Å². The molecule has 0 fully saturated rings. The number of fused-ring (bicyclic) bond motifs is 1. The highest BCUT2D eigenvalue weighted by Crippen LogP contribution is 2.32. The lowest BCUT2D eigenvalue weighted by molar-refractivity contribution is -0.122. The van der Waals surface area contributed by atoms with Crippen LogP contribution in [0.2, 0.25) is 0 Å². The molecule has 1 aromatic rings. The van der Waals surface area contributed by atoms with Gasteiger partial charge in [-0.15, -0.1) is 0 Å². The fraction of sp³-hybridized carbons (Fsp3) is 0.562. The average Bonchev–Trinajstić information content (AvgIpc) is 2.98. The summed E-state index contributed by atoms with van der Waals surface area (Å²) in [7, 11) is 0. The van der Waals surface area contributed by atoms with Gasteiger partial charge in [-0.05, 0) is 37.0 Å². The molecule has 1 aliphatic heterocycles. The zero-order chi connectivity index (χ0) is 15.3. The summed E-state index contributed by atoms with van der Waals surface area (Å²) in [6, 6.07) is 5.71. The van der Waals surface area contributed by atoms with E-state index < -0.39 is 5.60 Å². The van der Waals surface area contributed by atoms with Gasteiger partial charge >= 0.3 is 0 Å². The first-order chi connectivity index (χ1) is 10.1. The molecule has 0 saturated carbocycles. The van der Waals surface area contributed by atoms with E-state index in [4.69, 9.17) is 9.47 Å². The molecule has 1 aromatic carbocycles. The summed E-state index contributed by atoms with van der Waals surface area (Å²) in [4.78, 5) is 11.9. The molecule has 0 bridgehead atoms. The molecule has 0 saturated heterocycles. The second-order valence-electron chi connectivity index (χ2n) is 5.40. The second-order valence-corrected chi connectivity index (χ2v) is 5.40. The Morgan fingerprint density at radius 1 is 1.29 bits per heavy atom. The van der Waals surface area contributed by atoms with Gasteiger partial charge in [-0.2, -0.15) is 0 Å². The molecule has 1 amide bonds. The van der Waals surface area contributed by atoms with E-state index in [9.17, 15) is 9.90 Å². The Morgan fingerprint density at radius 2 is 2.00 bits per heavy atom. The van der Waals surface area contributed by atoms with Crippen molar-refractivity contribution in [1.29, 1.82) is 0 Å². The van der Waals surface area contributed by atoms with E-state index in [1.54, 1.807) is 0 Å². The third-order valence-corrected chi connectivity index (χ3v) is 4.01. The molecule has 0 spiro atoms. The molecule has 0 atom stereocenters. The first-order valence-corrected chi connectivity index (χ1v) is 7.44. The maximum atomic E-state index is 11.9. The Morgan fingerprint density at radius 3 is 2.71 bits per heavy atom. The fourth-order valence-electron chi connectivity index (χ4n) is 2.21. The van der Waals surface area contributed by atoms with Crippen molar-refractivity contribution >= 4 is 5.91 Å². The summed E-state index contributed by atoms with van der Waals surface area (Å²) in [6.07, 6.45) is 2.29. The standard InChI is InChI=1S/C16H23NO4/c1-3-16(19,4-2)10-17-15(18)8-6-12-5-7-13-14(9-12)21-11-20-13/h5,7,9,19H,3-4,6,8,10-11H2,1-2H3,(H,17,18). The summed E-state index contributed by atoms with van der Waals surface area (Å²) in [5.74, 6) is 1.44. The summed E-state index contributed by atoms with van der Waals surface area (Å²) < 4.78 is 10.6. The highest BCUT2D eigenvalue weighted by atomic mass is 16.7. The van der Waals surface area contributed by atoms with E-state index in [1.165, 1.54) is 0 Å². The number of hydrogen-bond acceptors (Lipinski definition) is 4. The van der Waals surface area contributed by atoms with Crippen molar-refractivity contribution in [2.45, 2.75) is 45.1 Å². The van der Waals surface area contributed by atoms with Gasteiger partial charge in [-0.3, -0.25) is 4.79 Å². The van der Waals surface area contributed by atoms with E-state index in [0.29, 0.717) is 32.2 Å². The summed E-state index contributed by atoms with van der Waals surface area (Å²) >= 11 is 0. The highest BCUT2D eigenvalue weighted by Gasteiger charge is 2.22. The van der Waals surface area contributed by atoms with E-state index in [1.807, 2.05) is 32.0 Å². The lowest BCUT2D eigenvalue weighted by Gasteiger charge is -2.25. The predicted octanol–water partition coefficient (Wildman–Crippen LogP) is 2.02. The van der Waals surface area contributed by atoms with E-state index in [0.717, 1.165) is 17.1 Å². The fourth-order valence-corrected chi connectivity index (χ4v) is 2.21. The number of carbonyl (C=O) groups excluding carboxylic acids is 1. The van der Waals surface area contributed by atoms with Crippen molar-refractivity contribution in [2.24, 2.45) is 0 Å². The molecule has 0 unspecified atom stereocenters. The number of benzene rings is 1. The third-order valence-electron chi connectivity index (χ3n) is 4.01. The summed E-state index contributed by atoms with van der Waals surface area (Å²) in [5, 5.41) is 12.9. The Bertz CT molecular complexity index is 497. The Hall–Kier alpha value is -1.75.